The van der Waals surface area contributed by atoms with E-state index in [-0.39, 0.29) is 13.0 Å². The van der Waals surface area contributed by atoms with Crippen LogP contribution in [0.1, 0.15) is 168 Å². The Labute approximate surface area is 334 Å². The molecule has 0 bridgehead atoms. The van der Waals surface area contributed by atoms with Crippen molar-refractivity contribution >= 4 is 19.8 Å². The number of nitrogens with two attached hydrogens (primary N) is 1. The molecule has 0 aromatic carbocycles. The lowest BCUT2D eigenvalue weighted by atomic mass is 10.0. The zero-order valence-electron chi connectivity index (χ0n) is 34.5. The number of hydrogen-bond donors (Lipinski definition) is 3. The molecule has 55 heavy (non-hydrogen) atoms. The van der Waals surface area contributed by atoms with Crippen molar-refractivity contribution in [1.82, 2.24) is 0 Å². The van der Waals surface area contributed by atoms with E-state index < -0.39 is 45.1 Å². The van der Waals surface area contributed by atoms with Crippen LogP contribution in [0, 0.1) is 0 Å². The fourth-order valence-electron chi connectivity index (χ4n) is 5.52. The maximum atomic E-state index is 12.6. The van der Waals surface area contributed by atoms with Gasteiger partial charge in [0.2, 0.25) is 0 Å². The number of unbranched alkanes of at least 4 members (excludes halogenated alkanes) is 16. The molecule has 11 heteroatoms. The van der Waals surface area contributed by atoms with Crippen LogP contribution < -0.4 is 5.73 Å². The highest BCUT2D eigenvalue weighted by Crippen LogP contribution is 2.43. The third-order valence-electron chi connectivity index (χ3n) is 8.81. The zero-order valence-corrected chi connectivity index (χ0v) is 35.4. The van der Waals surface area contributed by atoms with Gasteiger partial charge in [0, 0.05) is 13.0 Å². The summed E-state index contributed by atoms with van der Waals surface area (Å²) in [7, 11) is -4.63. The van der Waals surface area contributed by atoms with Gasteiger partial charge in [0.05, 0.1) is 19.8 Å². The summed E-state index contributed by atoms with van der Waals surface area (Å²) in [6.07, 6.45) is 47.1. The second-order valence-corrected chi connectivity index (χ2v) is 15.5. The standard InChI is InChI=1S/C44H78NO9P/c1-3-5-7-9-11-13-15-17-19-21-22-24-26-28-30-32-34-36-43(46)54-41(39-52-55(49,50)53-40-42(45)44(47)48)38-51-37-35-33-31-29-27-25-23-20-18-16-14-12-10-8-6-4-2/h5,7,11,13,17,19,22,24,28,30,41-42H,3-4,6,8-10,12,14-16,18,20-21,23,25-27,29,31-40,45H2,1-2H3,(H,47,48)(H,49,50)/b7-5-,13-11-,19-17-,24-22-,30-28-/t41-,42+/m1/s1. The highest BCUT2D eigenvalue weighted by molar-refractivity contribution is 7.47. The topological polar surface area (TPSA) is 155 Å². The molecule has 4 N–H and O–H groups in total. The molecule has 0 radical (unpaired) electrons. The van der Waals surface area contributed by atoms with Crippen LogP contribution in [0.2, 0.25) is 0 Å². The summed E-state index contributed by atoms with van der Waals surface area (Å²) >= 11 is 0. The molecule has 1 unspecified atom stereocenters. The van der Waals surface area contributed by atoms with Crippen LogP contribution in [-0.4, -0.2) is 60.5 Å². The van der Waals surface area contributed by atoms with E-state index in [1.165, 1.54) is 83.5 Å². The van der Waals surface area contributed by atoms with Crippen molar-refractivity contribution in [2.24, 2.45) is 5.73 Å². The monoisotopic (exact) mass is 796 g/mol. The molecule has 10 nitrogen and oxygen atoms in total. The third-order valence-corrected chi connectivity index (χ3v) is 9.76. The van der Waals surface area contributed by atoms with Gasteiger partial charge in [0.25, 0.3) is 0 Å². The summed E-state index contributed by atoms with van der Waals surface area (Å²) in [6.45, 7) is 3.70. The average Bonchev–Trinajstić information content (AvgIpc) is 3.16. The van der Waals surface area contributed by atoms with Gasteiger partial charge < -0.3 is 25.2 Å². The number of phosphoric acid groups is 1. The van der Waals surface area contributed by atoms with Crippen LogP contribution in [0.3, 0.4) is 0 Å². The highest BCUT2D eigenvalue weighted by Gasteiger charge is 2.27. The summed E-state index contributed by atoms with van der Waals surface area (Å²) in [5, 5.41) is 8.89. The number of esters is 1. The van der Waals surface area contributed by atoms with Crippen LogP contribution in [0.25, 0.3) is 0 Å². The number of ether oxygens (including phenoxy) is 2. The van der Waals surface area contributed by atoms with Crippen molar-refractivity contribution in [3.8, 4) is 0 Å². The number of carbonyl (C=O) groups excluding carboxylic acids is 1. The normalized spacial score (nSPS) is 14.5. The first-order valence-corrected chi connectivity index (χ1v) is 22.8. The minimum Gasteiger partial charge on any atom is -0.480 e. The van der Waals surface area contributed by atoms with Crippen molar-refractivity contribution in [3.05, 3.63) is 60.8 Å². The second kappa shape index (κ2) is 39.9. The molecule has 0 fully saturated rings. The predicted octanol–water partition coefficient (Wildman–Crippen LogP) is 11.6. The van der Waals surface area contributed by atoms with Crippen LogP contribution in [-0.2, 0) is 32.7 Å². The second-order valence-electron chi connectivity index (χ2n) is 14.1. The lowest BCUT2D eigenvalue weighted by molar-refractivity contribution is -0.154. The molecule has 0 aliphatic carbocycles. The first-order valence-electron chi connectivity index (χ1n) is 21.3. The van der Waals surface area contributed by atoms with Crippen molar-refractivity contribution in [2.45, 2.75) is 180 Å². The molecule has 0 aliphatic heterocycles. The van der Waals surface area contributed by atoms with Crippen molar-refractivity contribution in [1.29, 1.82) is 0 Å². The van der Waals surface area contributed by atoms with Crippen LogP contribution in [0.4, 0.5) is 0 Å². The molecule has 3 atom stereocenters. The fourth-order valence-corrected chi connectivity index (χ4v) is 6.30. The van der Waals surface area contributed by atoms with Gasteiger partial charge in [-0.1, -0.05) is 171 Å². The molecule has 0 rings (SSSR count). The van der Waals surface area contributed by atoms with Crippen molar-refractivity contribution < 1.29 is 42.7 Å². The Morgan fingerprint density at radius 2 is 1.04 bits per heavy atom. The molecule has 0 aromatic heterocycles. The largest absolute Gasteiger partial charge is 0.480 e. The van der Waals surface area contributed by atoms with Crippen LogP contribution >= 0.6 is 7.82 Å². The molecule has 0 heterocycles. The predicted molar refractivity (Wildman–Crippen MR) is 226 cm³/mol. The number of hydrogen-bond acceptors (Lipinski definition) is 8. The van der Waals surface area contributed by atoms with E-state index >= 15 is 0 Å². The lowest BCUT2D eigenvalue weighted by Crippen LogP contribution is -2.34. The highest BCUT2D eigenvalue weighted by atomic mass is 31.2. The van der Waals surface area contributed by atoms with E-state index in [0.717, 1.165) is 51.4 Å². The Kier molecular flexibility index (Phi) is 38.2. The molecule has 0 saturated carbocycles. The van der Waals surface area contributed by atoms with Gasteiger partial charge >= 0.3 is 19.8 Å². The third kappa shape index (κ3) is 39.7. The van der Waals surface area contributed by atoms with Gasteiger partial charge in [-0.05, 0) is 51.4 Å². The van der Waals surface area contributed by atoms with Gasteiger partial charge in [-0.2, -0.15) is 0 Å². The first kappa shape index (κ1) is 52.7. The van der Waals surface area contributed by atoms with Gasteiger partial charge in [-0.3, -0.25) is 18.6 Å². The summed E-state index contributed by atoms with van der Waals surface area (Å²) in [4.78, 5) is 33.5. The first-order chi connectivity index (χ1) is 26.7. The summed E-state index contributed by atoms with van der Waals surface area (Å²) in [5.41, 5.74) is 5.35. The Hall–Kier alpha value is -2.33. The van der Waals surface area contributed by atoms with Gasteiger partial charge in [0.15, 0.2) is 0 Å². The quantitative estimate of drug-likeness (QED) is 0.0236. The Morgan fingerprint density at radius 1 is 0.600 bits per heavy atom. The molecule has 0 amide bonds. The van der Waals surface area contributed by atoms with E-state index in [9.17, 15) is 19.0 Å². The molecular formula is C44H78NO9P. The van der Waals surface area contributed by atoms with Crippen molar-refractivity contribution in [3.63, 3.8) is 0 Å². The summed E-state index contributed by atoms with van der Waals surface area (Å²) in [6, 6.07) is -1.48. The van der Waals surface area contributed by atoms with E-state index in [1.54, 1.807) is 0 Å². The van der Waals surface area contributed by atoms with E-state index in [0.29, 0.717) is 19.4 Å². The minimum absolute atomic E-state index is 0.00606. The van der Waals surface area contributed by atoms with Crippen LogP contribution in [0.5, 0.6) is 0 Å². The number of carboxylic acids is 1. The Balaban J connectivity index is 4.35. The molecule has 0 saturated heterocycles. The molecule has 318 valence electrons. The lowest BCUT2D eigenvalue weighted by Gasteiger charge is -2.20. The minimum atomic E-state index is -4.63. The van der Waals surface area contributed by atoms with Crippen LogP contribution in [0.15, 0.2) is 60.8 Å². The zero-order chi connectivity index (χ0) is 40.5. The fraction of sp³-hybridized carbons (Fsp3) is 0.727. The van der Waals surface area contributed by atoms with Gasteiger partial charge in [0.1, 0.15) is 12.1 Å². The van der Waals surface area contributed by atoms with E-state index in [2.05, 4.69) is 68.5 Å². The number of allylic oxidation sites excluding steroid dienone is 10. The summed E-state index contributed by atoms with van der Waals surface area (Å²) in [5.74, 6) is -1.84. The number of phosphoric ester groups is 1. The maximum Gasteiger partial charge on any atom is 0.472 e. The molecular weight excluding hydrogens is 717 g/mol. The van der Waals surface area contributed by atoms with Gasteiger partial charge in [-0.25, -0.2) is 4.57 Å². The van der Waals surface area contributed by atoms with E-state index in [4.69, 9.17) is 29.4 Å². The smallest absolute Gasteiger partial charge is 0.472 e. The number of carbonyl (C=O) groups is 2. The summed E-state index contributed by atoms with van der Waals surface area (Å²) < 4.78 is 33.3. The molecule has 0 spiro atoms. The van der Waals surface area contributed by atoms with Crippen molar-refractivity contribution in [2.75, 3.05) is 26.4 Å². The Bertz CT molecular complexity index is 1100. The average molecular weight is 796 g/mol. The Morgan fingerprint density at radius 3 is 1.51 bits per heavy atom. The number of rotatable bonds is 40. The molecule has 0 aliphatic rings. The maximum absolute atomic E-state index is 12.6. The molecule has 0 aromatic rings. The SMILES string of the molecule is CC/C=C\C/C=C\C/C=C\C/C=C\C/C=C\CCCC(=O)O[C@H](COCCCCCCCCCCCCCCCCCC)COP(=O)(O)OC[C@H](N)C(=O)O. The van der Waals surface area contributed by atoms with E-state index in [1.807, 2.05) is 6.08 Å². The number of aliphatic carboxylic acids is 1. The van der Waals surface area contributed by atoms with Gasteiger partial charge in [-0.15, -0.1) is 0 Å². The number of carboxylic acid groups (broad SMARTS) is 1.